The molecule has 1 aromatic carbocycles. The second-order valence-corrected chi connectivity index (χ2v) is 7.91. The van der Waals surface area contributed by atoms with Crippen LogP contribution in [-0.2, 0) is 14.3 Å². The van der Waals surface area contributed by atoms with Crippen LogP contribution in [0.3, 0.4) is 0 Å². The van der Waals surface area contributed by atoms with Gasteiger partial charge < -0.3 is 24.0 Å². The number of amides is 2. The maximum absolute atomic E-state index is 13.7. The number of methoxy groups -OCH3 is 2. The third-order valence-electron chi connectivity index (χ3n) is 6.09. The standard InChI is InChI=1S/C23H34N2O5/c1-4-30-14-8-13-24-21(26)16-25(18-9-6-5-7-10-18)23(27)22(24)17-11-12-19(28-2)20(15-17)29-3/h11-12,15,18,22H,4-10,13-14,16H2,1-3H3/t22-/m1/s1. The molecular formula is C23H34N2O5. The summed E-state index contributed by atoms with van der Waals surface area (Å²) in [6, 6.07) is 4.98. The molecule has 2 fully saturated rings. The molecule has 1 aromatic rings. The van der Waals surface area contributed by atoms with Crippen LogP contribution in [0.1, 0.15) is 57.1 Å². The van der Waals surface area contributed by atoms with E-state index in [0.29, 0.717) is 37.7 Å². The van der Waals surface area contributed by atoms with E-state index in [9.17, 15) is 9.59 Å². The van der Waals surface area contributed by atoms with Gasteiger partial charge in [0.2, 0.25) is 5.91 Å². The summed E-state index contributed by atoms with van der Waals surface area (Å²) in [6.07, 6.45) is 6.07. The summed E-state index contributed by atoms with van der Waals surface area (Å²) in [7, 11) is 3.15. The molecule has 3 rings (SSSR count). The van der Waals surface area contributed by atoms with Gasteiger partial charge in [0.1, 0.15) is 12.6 Å². The Morgan fingerprint density at radius 2 is 1.77 bits per heavy atom. The number of hydrogen-bond donors (Lipinski definition) is 0. The number of benzene rings is 1. The second kappa shape index (κ2) is 10.7. The molecule has 166 valence electrons. The van der Waals surface area contributed by atoms with Crippen molar-refractivity contribution in [2.24, 2.45) is 0 Å². The predicted octanol–water partition coefficient (Wildman–Crippen LogP) is 3.18. The van der Waals surface area contributed by atoms with E-state index in [1.54, 1.807) is 25.2 Å². The SMILES string of the molecule is CCOCCCN1C(=O)CN(C2CCCCC2)C(=O)[C@H]1c1ccc(OC)c(OC)c1. The fourth-order valence-corrected chi connectivity index (χ4v) is 4.53. The van der Waals surface area contributed by atoms with E-state index >= 15 is 0 Å². The van der Waals surface area contributed by atoms with Crippen molar-refractivity contribution in [3.8, 4) is 11.5 Å². The first-order valence-electron chi connectivity index (χ1n) is 11.0. The Balaban J connectivity index is 1.90. The predicted molar refractivity (Wildman–Crippen MR) is 114 cm³/mol. The van der Waals surface area contributed by atoms with E-state index in [1.807, 2.05) is 24.0 Å². The summed E-state index contributed by atoms with van der Waals surface area (Å²) in [5.74, 6) is 1.16. The summed E-state index contributed by atoms with van der Waals surface area (Å²) >= 11 is 0. The van der Waals surface area contributed by atoms with Crippen LogP contribution in [0.5, 0.6) is 11.5 Å². The van der Waals surface area contributed by atoms with Crippen molar-refractivity contribution in [3.63, 3.8) is 0 Å². The highest BCUT2D eigenvalue weighted by Gasteiger charge is 2.42. The zero-order valence-electron chi connectivity index (χ0n) is 18.4. The van der Waals surface area contributed by atoms with Crippen molar-refractivity contribution in [2.75, 3.05) is 40.5 Å². The molecule has 7 nitrogen and oxygen atoms in total. The molecular weight excluding hydrogens is 384 g/mol. The van der Waals surface area contributed by atoms with Gasteiger partial charge in [0, 0.05) is 25.8 Å². The molecule has 1 aliphatic carbocycles. The molecule has 2 aliphatic rings. The van der Waals surface area contributed by atoms with Crippen LogP contribution in [0.2, 0.25) is 0 Å². The Morgan fingerprint density at radius 3 is 2.43 bits per heavy atom. The van der Waals surface area contributed by atoms with Gasteiger partial charge in [0.05, 0.1) is 14.2 Å². The minimum atomic E-state index is -0.644. The molecule has 0 radical (unpaired) electrons. The molecule has 1 heterocycles. The zero-order chi connectivity index (χ0) is 21.5. The maximum Gasteiger partial charge on any atom is 0.250 e. The van der Waals surface area contributed by atoms with Crippen LogP contribution in [0.25, 0.3) is 0 Å². The Morgan fingerprint density at radius 1 is 1.03 bits per heavy atom. The van der Waals surface area contributed by atoms with E-state index in [1.165, 1.54) is 6.42 Å². The minimum Gasteiger partial charge on any atom is -0.493 e. The van der Waals surface area contributed by atoms with E-state index in [-0.39, 0.29) is 24.4 Å². The Kier molecular flexibility index (Phi) is 7.96. The second-order valence-electron chi connectivity index (χ2n) is 7.91. The van der Waals surface area contributed by atoms with Gasteiger partial charge in [-0.2, -0.15) is 0 Å². The van der Waals surface area contributed by atoms with Gasteiger partial charge in [-0.25, -0.2) is 0 Å². The van der Waals surface area contributed by atoms with E-state index in [4.69, 9.17) is 14.2 Å². The van der Waals surface area contributed by atoms with Crippen molar-refractivity contribution < 1.29 is 23.8 Å². The van der Waals surface area contributed by atoms with Gasteiger partial charge in [-0.1, -0.05) is 25.3 Å². The largest absolute Gasteiger partial charge is 0.493 e. The van der Waals surface area contributed by atoms with E-state index < -0.39 is 6.04 Å². The van der Waals surface area contributed by atoms with Crippen molar-refractivity contribution in [1.29, 1.82) is 0 Å². The fraction of sp³-hybridized carbons (Fsp3) is 0.652. The van der Waals surface area contributed by atoms with Crippen LogP contribution in [0.15, 0.2) is 18.2 Å². The first-order valence-corrected chi connectivity index (χ1v) is 11.0. The lowest BCUT2D eigenvalue weighted by molar-refractivity contribution is -0.159. The van der Waals surface area contributed by atoms with Gasteiger partial charge >= 0.3 is 0 Å². The average Bonchev–Trinajstić information content (AvgIpc) is 2.78. The zero-order valence-corrected chi connectivity index (χ0v) is 18.4. The van der Waals surface area contributed by atoms with Crippen LogP contribution in [-0.4, -0.2) is 68.2 Å². The Bertz CT molecular complexity index is 732. The van der Waals surface area contributed by atoms with Gasteiger partial charge in [0.15, 0.2) is 11.5 Å². The summed E-state index contributed by atoms with van der Waals surface area (Å²) in [4.78, 5) is 30.3. The number of ether oxygens (including phenoxy) is 3. The van der Waals surface area contributed by atoms with Crippen molar-refractivity contribution in [3.05, 3.63) is 23.8 Å². The van der Waals surface area contributed by atoms with Crippen molar-refractivity contribution in [2.45, 2.75) is 57.5 Å². The van der Waals surface area contributed by atoms with Crippen molar-refractivity contribution in [1.82, 2.24) is 9.80 Å². The molecule has 2 amide bonds. The summed E-state index contributed by atoms with van der Waals surface area (Å²) in [5.41, 5.74) is 0.753. The first-order chi connectivity index (χ1) is 14.6. The van der Waals surface area contributed by atoms with Crippen molar-refractivity contribution >= 4 is 11.8 Å². The highest BCUT2D eigenvalue weighted by atomic mass is 16.5. The Hall–Kier alpha value is -2.28. The molecule has 7 heteroatoms. The molecule has 1 saturated heterocycles. The molecule has 1 aliphatic heterocycles. The van der Waals surface area contributed by atoms with Crippen LogP contribution in [0.4, 0.5) is 0 Å². The molecule has 0 N–H and O–H groups in total. The quantitative estimate of drug-likeness (QED) is 0.576. The maximum atomic E-state index is 13.7. The lowest BCUT2D eigenvalue weighted by Gasteiger charge is -2.44. The third-order valence-corrected chi connectivity index (χ3v) is 6.09. The smallest absolute Gasteiger partial charge is 0.250 e. The molecule has 1 atom stereocenters. The van der Waals surface area contributed by atoms with Crippen LogP contribution < -0.4 is 9.47 Å². The molecule has 0 unspecified atom stereocenters. The number of carbonyl (C=O) groups is 2. The lowest BCUT2D eigenvalue weighted by atomic mass is 9.91. The molecule has 0 aromatic heterocycles. The molecule has 0 bridgehead atoms. The molecule has 30 heavy (non-hydrogen) atoms. The van der Waals surface area contributed by atoms with Crippen LogP contribution in [0, 0.1) is 0 Å². The highest BCUT2D eigenvalue weighted by Crippen LogP contribution is 2.36. The third kappa shape index (κ3) is 4.89. The van der Waals surface area contributed by atoms with Gasteiger partial charge in [-0.05, 0) is 43.9 Å². The summed E-state index contributed by atoms with van der Waals surface area (Å²) < 4.78 is 16.2. The topological polar surface area (TPSA) is 68.3 Å². The molecule has 0 spiro atoms. The molecule has 1 saturated carbocycles. The number of piperazine rings is 1. The summed E-state index contributed by atoms with van der Waals surface area (Å²) in [5, 5.41) is 0. The number of hydrogen-bond acceptors (Lipinski definition) is 5. The lowest BCUT2D eigenvalue weighted by Crippen LogP contribution is -2.58. The van der Waals surface area contributed by atoms with E-state index in [2.05, 4.69) is 0 Å². The van der Waals surface area contributed by atoms with Crippen LogP contribution >= 0.6 is 0 Å². The van der Waals surface area contributed by atoms with Gasteiger partial charge in [-0.15, -0.1) is 0 Å². The number of rotatable bonds is 9. The normalized spacial score (nSPS) is 20.6. The fourth-order valence-electron chi connectivity index (χ4n) is 4.53. The van der Waals surface area contributed by atoms with Gasteiger partial charge in [0.25, 0.3) is 5.91 Å². The number of carbonyl (C=O) groups excluding carboxylic acids is 2. The van der Waals surface area contributed by atoms with Gasteiger partial charge in [-0.3, -0.25) is 9.59 Å². The monoisotopic (exact) mass is 418 g/mol. The highest BCUT2D eigenvalue weighted by molar-refractivity contribution is 5.96. The van der Waals surface area contributed by atoms with E-state index in [0.717, 1.165) is 31.2 Å². The minimum absolute atomic E-state index is 0.00328. The summed E-state index contributed by atoms with van der Waals surface area (Å²) in [6.45, 7) is 3.81. The number of nitrogens with zero attached hydrogens (tertiary/aromatic N) is 2. The first kappa shape index (κ1) is 22.4. The Labute approximate surface area is 179 Å². The average molecular weight is 419 g/mol.